The lowest BCUT2D eigenvalue weighted by Crippen LogP contribution is -2.36. The van der Waals surface area contributed by atoms with E-state index in [1.165, 1.54) is 12.6 Å². The van der Waals surface area contributed by atoms with Crippen molar-refractivity contribution in [3.05, 3.63) is 18.1 Å². The number of likely N-dealkylation sites (tertiary alicyclic amines) is 1. The number of amides is 1. The summed E-state index contributed by atoms with van der Waals surface area (Å²) in [6.07, 6.45) is 5.67. The van der Waals surface area contributed by atoms with E-state index in [1.54, 1.807) is 6.20 Å². The van der Waals surface area contributed by atoms with Gasteiger partial charge in [0.1, 0.15) is 17.6 Å². The number of aliphatic hydroxyl groups is 1. The largest absolute Gasteiger partial charge is 0.388 e. The van der Waals surface area contributed by atoms with E-state index >= 15 is 0 Å². The fourth-order valence-electron chi connectivity index (χ4n) is 3.19. The van der Waals surface area contributed by atoms with Gasteiger partial charge >= 0.3 is 0 Å². The number of carbonyl (C=O) groups excluding carboxylic acids is 1. The standard InChI is InChI=1S/C16H24N4O3/c1-2-23-14-11-20(10-13(14)21)15-9-17-8-12(18-15)16(22)19-6-4-3-5-7-19/h8-9,13-14,21H,2-7,10-11H2,1H3/t13-,14-/m1/s1. The monoisotopic (exact) mass is 320 g/mol. The molecule has 0 spiro atoms. The number of nitrogens with zero attached hydrogens (tertiary/aromatic N) is 4. The molecular formula is C16H24N4O3. The first-order valence-corrected chi connectivity index (χ1v) is 8.35. The normalized spacial score (nSPS) is 25.0. The Labute approximate surface area is 136 Å². The van der Waals surface area contributed by atoms with Crippen LogP contribution in [0.1, 0.15) is 36.7 Å². The van der Waals surface area contributed by atoms with Crippen molar-refractivity contribution in [1.29, 1.82) is 0 Å². The maximum Gasteiger partial charge on any atom is 0.274 e. The first kappa shape index (κ1) is 16.1. The molecule has 0 aromatic carbocycles. The Morgan fingerprint density at radius 2 is 2.09 bits per heavy atom. The van der Waals surface area contributed by atoms with Crippen LogP contribution in [0, 0.1) is 0 Å². The Morgan fingerprint density at radius 1 is 1.30 bits per heavy atom. The average molecular weight is 320 g/mol. The van der Waals surface area contributed by atoms with E-state index < -0.39 is 6.10 Å². The van der Waals surface area contributed by atoms with Crippen molar-refractivity contribution in [3.8, 4) is 0 Å². The van der Waals surface area contributed by atoms with Gasteiger partial charge in [0.2, 0.25) is 0 Å². The number of hydrogen-bond donors (Lipinski definition) is 1. The number of aromatic nitrogens is 2. The molecule has 2 saturated heterocycles. The molecule has 7 heteroatoms. The van der Waals surface area contributed by atoms with Crippen molar-refractivity contribution >= 4 is 11.7 Å². The minimum absolute atomic E-state index is 0.0554. The number of β-amino-alcohol motifs (C(OH)–C–C–N with tert-alkyl or cyclic N) is 1. The fourth-order valence-corrected chi connectivity index (χ4v) is 3.19. The Hall–Kier alpha value is -1.73. The topological polar surface area (TPSA) is 78.8 Å². The van der Waals surface area contributed by atoms with Gasteiger partial charge in [-0.2, -0.15) is 0 Å². The highest BCUT2D eigenvalue weighted by atomic mass is 16.5. The molecule has 2 atom stereocenters. The molecule has 1 aromatic rings. The van der Waals surface area contributed by atoms with E-state index in [9.17, 15) is 9.90 Å². The third-order valence-electron chi connectivity index (χ3n) is 4.43. The van der Waals surface area contributed by atoms with Crippen molar-refractivity contribution in [3.63, 3.8) is 0 Å². The van der Waals surface area contributed by atoms with Crippen molar-refractivity contribution in [2.75, 3.05) is 37.7 Å². The predicted molar refractivity (Wildman–Crippen MR) is 85.4 cm³/mol. The molecule has 7 nitrogen and oxygen atoms in total. The molecule has 1 aromatic heterocycles. The molecule has 23 heavy (non-hydrogen) atoms. The van der Waals surface area contributed by atoms with Gasteiger partial charge in [-0.05, 0) is 26.2 Å². The van der Waals surface area contributed by atoms with Gasteiger partial charge < -0.3 is 19.6 Å². The van der Waals surface area contributed by atoms with Crippen LogP contribution >= 0.6 is 0 Å². The maximum atomic E-state index is 12.5. The van der Waals surface area contributed by atoms with Gasteiger partial charge in [0.05, 0.1) is 18.5 Å². The van der Waals surface area contributed by atoms with E-state index in [1.807, 2.05) is 16.7 Å². The Morgan fingerprint density at radius 3 is 2.83 bits per heavy atom. The number of anilines is 1. The van der Waals surface area contributed by atoms with Crippen LogP contribution in [0.15, 0.2) is 12.4 Å². The molecule has 2 aliphatic rings. The second-order valence-corrected chi connectivity index (χ2v) is 6.08. The minimum atomic E-state index is -0.543. The average Bonchev–Trinajstić information content (AvgIpc) is 2.96. The van der Waals surface area contributed by atoms with Crippen LogP contribution in [-0.2, 0) is 4.74 Å². The Kier molecular flexibility index (Phi) is 5.07. The van der Waals surface area contributed by atoms with Crippen molar-refractivity contribution in [1.82, 2.24) is 14.9 Å². The molecule has 2 aliphatic heterocycles. The fraction of sp³-hybridized carbons (Fsp3) is 0.688. The number of rotatable bonds is 4. The van der Waals surface area contributed by atoms with Gasteiger partial charge in [-0.1, -0.05) is 0 Å². The molecule has 126 valence electrons. The summed E-state index contributed by atoms with van der Waals surface area (Å²) in [6.45, 7) is 5.06. The summed E-state index contributed by atoms with van der Waals surface area (Å²) in [5.74, 6) is 0.564. The van der Waals surface area contributed by atoms with Crippen LogP contribution in [0.25, 0.3) is 0 Å². The quantitative estimate of drug-likeness (QED) is 0.879. The molecule has 1 amide bonds. The van der Waals surface area contributed by atoms with Crippen LogP contribution in [0.2, 0.25) is 0 Å². The zero-order valence-corrected chi connectivity index (χ0v) is 13.5. The van der Waals surface area contributed by atoms with Crippen molar-refractivity contribution < 1.29 is 14.6 Å². The van der Waals surface area contributed by atoms with Crippen LogP contribution in [0.3, 0.4) is 0 Å². The summed E-state index contributed by atoms with van der Waals surface area (Å²) in [4.78, 5) is 24.9. The SMILES string of the molecule is CCO[C@@H]1CN(c2cncc(C(=O)N3CCCCC3)n2)C[C@H]1O. The number of piperidine rings is 1. The highest BCUT2D eigenvalue weighted by Crippen LogP contribution is 2.21. The molecule has 0 bridgehead atoms. The third kappa shape index (κ3) is 3.61. The van der Waals surface area contributed by atoms with Crippen molar-refractivity contribution in [2.45, 2.75) is 38.4 Å². The molecule has 1 N–H and O–H groups in total. The van der Waals surface area contributed by atoms with Gasteiger partial charge in [-0.15, -0.1) is 0 Å². The highest BCUT2D eigenvalue weighted by molar-refractivity contribution is 5.92. The van der Waals surface area contributed by atoms with Crippen molar-refractivity contribution in [2.24, 2.45) is 0 Å². The molecule has 0 aliphatic carbocycles. The number of ether oxygens (including phenoxy) is 1. The summed E-state index contributed by atoms with van der Waals surface area (Å²) in [6, 6.07) is 0. The van der Waals surface area contributed by atoms with Gasteiger partial charge in [0.25, 0.3) is 5.91 Å². The van der Waals surface area contributed by atoms with Gasteiger partial charge in [-0.3, -0.25) is 9.78 Å². The van der Waals surface area contributed by atoms with Gasteiger partial charge in [0, 0.05) is 32.8 Å². The lowest BCUT2D eigenvalue weighted by molar-refractivity contribution is -0.00189. The van der Waals surface area contributed by atoms with E-state index in [0.29, 0.717) is 31.2 Å². The minimum Gasteiger partial charge on any atom is -0.388 e. The van der Waals surface area contributed by atoms with Crippen LogP contribution < -0.4 is 4.90 Å². The summed E-state index contributed by atoms with van der Waals surface area (Å²) in [7, 11) is 0. The summed E-state index contributed by atoms with van der Waals surface area (Å²) in [5, 5.41) is 10.0. The molecule has 2 fully saturated rings. The maximum absolute atomic E-state index is 12.5. The molecule has 3 rings (SSSR count). The van der Waals surface area contributed by atoms with Gasteiger partial charge in [0.15, 0.2) is 0 Å². The van der Waals surface area contributed by atoms with E-state index in [-0.39, 0.29) is 12.0 Å². The summed E-state index contributed by atoms with van der Waals surface area (Å²) >= 11 is 0. The van der Waals surface area contributed by atoms with Crippen LogP contribution in [-0.4, -0.2) is 70.9 Å². The summed E-state index contributed by atoms with van der Waals surface area (Å²) in [5.41, 5.74) is 0.374. The first-order valence-electron chi connectivity index (χ1n) is 8.35. The van der Waals surface area contributed by atoms with Gasteiger partial charge in [-0.25, -0.2) is 4.98 Å². The second kappa shape index (κ2) is 7.23. The number of aliphatic hydroxyl groups excluding tert-OH is 1. The lowest BCUT2D eigenvalue weighted by Gasteiger charge is -2.26. The molecule has 0 unspecified atom stereocenters. The van der Waals surface area contributed by atoms with Crippen LogP contribution in [0.5, 0.6) is 0 Å². The van der Waals surface area contributed by atoms with Crippen LogP contribution in [0.4, 0.5) is 5.82 Å². The zero-order chi connectivity index (χ0) is 16.2. The predicted octanol–water partition coefficient (Wildman–Crippen LogP) is 0.689. The second-order valence-electron chi connectivity index (χ2n) is 6.08. The number of hydrogen-bond acceptors (Lipinski definition) is 6. The smallest absolute Gasteiger partial charge is 0.274 e. The number of carbonyl (C=O) groups is 1. The molecule has 3 heterocycles. The Bertz CT molecular complexity index is 548. The molecule has 0 radical (unpaired) electrons. The first-order chi connectivity index (χ1) is 11.2. The molecule has 0 saturated carbocycles. The summed E-state index contributed by atoms with van der Waals surface area (Å²) < 4.78 is 5.52. The third-order valence-corrected chi connectivity index (χ3v) is 4.43. The highest BCUT2D eigenvalue weighted by Gasteiger charge is 2.33. The zero-order valence-electron chi connectivity index (χ0n) is 13.5. The van der Waals surface area contributed by atoms with E-state index in [4.69, 9.17) is 4.74 Å². The van der Waals surface area contributed by atoms with E-state index in [2.05, 4.69) is 9.97 Å². The van der Waals surface area contributed by atoms with E-state index in [0.717, 1.165) is 25.9 Å². The Balaban J connectivity index is 1.71. The molecular weight excluding hydrogens is 296 g/mol. The lowest BCUT2D eigenvalue weighted by atomic mass is 10.1.